The molecular weight excluding hydrogens is 469 g/mol. The zero-order chi connectivity index (χ0) is 27.7. The molecule has 3 rings (SSSR count). The topological polar surface area (TPSA) is 87.0 Å². The van der Waals surface area contributed by atoms with E-state index in [1.807, 2.05) is 19.9 Å². The van der Waals surface area contributed by atoms with Crippen LogP contribution in [0, 0.1) is 19.7 Å². The first kappa shape index (κ1) is 29.3. The monoisotopic (exact) mass is 505 g/mol. The van der Waals surface area contributed by atoms with Crippen LogP contribution in [-0.2, 0) is 9.53 Å². The summed E-state index contributed by atoms with van der Waals surface area (Å²) in [5, 5.41) is 4.87. The number of ether oxygens (including phenoxy) is 1. The fraction of sp³-hybridized carbons (Fsp3) is 0.333. The Kier molecular flexibility index (Phi) is 10.6. The molecule has 0 radical (unpaired) electrons. The molecule has 0 aliphatic carbocycles. The summed E-state index contributed by atoms with van der Waals surface area (Å²) < 4.78 is 18.6. The van der Waals surface area contributed by atoms with E-state index in [2.05, 4.69) is 46.8 Å². The Hall–Kier alpha value is -3.89. The van der Waals surface area contributed by atoms with Gasteiger partial charge in [-0.15, -0.1) is 11.5 Å². The number of halogens is 1. The number of ketones is 1. The van der Waals surface area contributed by atoms with Crippen molar-refractivity contribution in [3.05, 3.63) is 81.6 Å². The van der Waals surface area contributed by atoms with Crippen molar-refractivity contribution in [2.45, 2.75) is 53.5 Å². The number of hydrogen-bond acceptors (Lipinski definition) is 3. The predicted molar refractivity (Wildman–Crippen MR) is 147 cm³/mol. The van der Waals surface area contributed by atoms with Crippen molar-refractivity contribution in [2.75, 3.05) is 13.7 Å². The Morgan fingerprint density at radius 2 is 1.92 bits per heavy atom. The van der Waals surface area contributed by atoms with E-state index in [1.54, 1.807) is 20.1 Å². The number of aryl methyl sites for hydroxylation is 1. The molecule has 1 atom stereocenters. The van der Waals surface area contributed by atoms with Gasteiger partial charge in [-0.2, -0.15) is 0 Å². The molecule has 2 heterocycles. The average molecular weight is 506 g/mol. The summed E-state index contributed by atoms with van der Waals surface area (Å²) >= 11 is 0. The molecule has 2 aromatic heterocycles. The molecule has 0 fully saturated rings. The summed E-state index contributed by atoms with van der Waals surface area (Å²) in [6.45, 7) is 17.2. The molecule has 3 N–H and O–H groups in total. The highest BCUT2D eigenvalue weighted by atomic mass is 19.1. The van der Waals surface area contributed by atoms with Crippen molar-refractivity contribution < 1.29 is 18.7 Å². The lowest BCUT2D eigenvalue weighted by Gasteiger charge is -2.16. The largest absolute Gasteiger partial charge is 0.385 e. The van der Waals surface area contributed by atoms with Gasteiger partial charge in [0, 0.05) is 47.6 Å². The van der Waals surface area contributed by atoms with Gasteiger partial charge in [-0.25, -0.2) is 4.39 Å². The van der Waals surface area contributed by atoms with Crippen LogP contribution in [0.5, 0.6) is 0 Å². The molecule has 1 amide bonds. The number of amides is 1. The number of carbonyl (C=O) groups is 2. The van der Waals surface area contributed by atoms with Gasteiger partial charge >= 0.3 is 0 Å². The highest BCUT2D eigenvalue weighted by Gasteiger charge is 2.23. The quantitative estimate of drug-likeness (QED) is 0.394. The van der Waals surface area contributed by atoms with E-state index in [0.29, 0.717) is 34.1 Å². The second-order valence-corrected chi connectivity index (χ2v) is 8.88. The Bertz CT molecular complexity index is 1480. The lowest BCUT2D eigenvalue weighted by molar-refractivity contribution is -0.118. The maximum absolute atomic E-state index is 13.9. The molecule has 6 nitrogen and oxygen atoms in total. The lowest BCUT2D eigenvalue weighted by Crippen LogP contribution is -2.40. The Morgan fingerprint density at radius 1 is 1.22 bits per heavy atom. The van der Waals surface area contributed by atoms with Crippen LogP contribution in [0.15, 0.2) is 42.7 Å². The Morgan fingerprint density at radius 3 is 2.46 bits per heavy atom. The normalized spacial score (nSPS) is 11.8. The van der Waals surface area contributed by atoms with Crippen LogP contribution in [0.4, 0.5) is 4.39 Å². The van der Waals surface area contributed by atoms with Crippen LogP contribution < -0.4 is 15.9 Å². The lowest BCUT2D eigenvalue weighted by atomic mass is 10.0. The van der Waals surface area contributed by atoms with Gasteiger partial charge in [-0.1, -0.05) is 20.1 Å². The van der Waals surface area contributed by atoms with Gasteiger partial charge in [0.1, 0.15) is 5.82 Å². The molecule has 1 unspecified atom stereocenters. The molecule has 0 bridgehead atoms. The molecule has 0 spiro atoms. The standard InChI is InChI=1S/C26H26FN3O2.C4H10O/c1-7-14(3)11-24(17(6)31)30-26(32)25-15(4)23(28-16(25)5)13-20-19-12-18(27)9-10-22(19)29-21(20)8-2;1-3-4-5-2/h9-10,12-13,24,28-29H,1-2,11H2,3-6H3,(H,30,32);3-4H2,1-2H3/b20-13-;. The first-order valence-corrected chi connectivity index (χ1v) is 12.1. The van der Waals surface area contributed by atoms with Gasteiger partial charge in [-0.3, -0.25) is 9.59 Å². The van der Waals surface area contributed by atoms with Crippen LogP contribution in [0.3, 0.4) is 0 Å². The van der Waals surface area contributed by atoms with Gasteiger partial charge < -0.3 is 20.0 Å². The first-order valence-electron chi connectivity index (χ1n) is 12.1. The number of Topliss-reactive ketones (excluding diaryl/α,β-unsaturated/α-hetero) is 1. The minimum absolute atomic E-state index is 0.141. The number of aromatic amines is 2. The second-order valence-electron chi connectivity index (χ2n) is 8.88. The third-order valence-electron chi connectivity index (χ3n) is 5.99. The van der Waals surface area contributed by atoms with E-state index < -0.39 is 6.04 Å². The molecule has 7 heteroatoms. The van der Waals surface area contributed by atoms with E-state index in [4.69, 9.17) is 4.74 Å². The summed E-state index contributed by atoms with van der Waals surface area (Å²) in [6.07, 6.45) is 3.32. The number of methoxy groups -OCH3 is 1. The van der Waals surface area contributed by atoms with Crippen molar-refractivity contribution in [1.29, 1.82) is 0 Å². The molecule has 0 aliphatic heterocycles. The number of hydrogen-bond donors (Lipinski definition) is 3. The van der Waals surface area contributed by atoms with Crippen molar-refractivity contribution >= 4 is 34.4 Å². The van der Waals surface area contributed by atoms with Crippen LogP contribution in [-0.4, -0.2) is 41.4 Å². The fourth-order valence-electron chi connectivity index (χ4n) is 3.99. The summed E-state index contributed by atoms with van der Waals surface area (Å²) in [5.41, 5.74) is 9.72. The minimum Gasteiger partial charge on any atom is -0.385 e. The molecule has 0 aliphatic rings. The van der Waals surface area contributed by atoms with Gasteiger partial charge in [-0.05, 0) is 69.5 Å². The predicted octanol–water partition coefficient (Wildman–Crippen LogP) is 4.50. The molecule has 0 saturated heterocycles. The highest BCUT2D eigenvalue weighted by molar-refractivity contribution is 6.00. The van der Waals surface area contributed by atoms with Crippen molar-refractivity contribution in [3.63, 3.8) is 0 Å². The third-order valence-corrected chi connectivity index (χ3v) is 5.99. The van der Waals surface area contributed by atoms with E-state index in [1.165, 1.54) is 19.1 Å². The average Bonchev–Trinajstić information content (AvgIpc) is 3.34. The molecule has 0 saturated carbocycles. The molecule has 37 heavy (non-hydrogen) atoms. The number of benzene rings is 1. The van der Waals surface area contributed by atoms with Gasteiger partial charge in [0.05, 0.1) is 17.0 Å². The molecular formula is C30H36FN3O3. The van der Waals surface area contributed by atoms with E-state index >= 15 is 0 Å². The Balaban J connectivity index is 0.000000877. The van der Waals surface area contributed by atoms with Gasteiger partial charge in [0.2, 0.25) is 0 Å². The van der Waals surface area contributed by atoms with Crippen LogP contribution >= 0.6 is 0 Å². The molecule has 3 aromatic rings. The summed E-state index contributed by atoms with van der Waals surface area (Å²) in [4.78, 5) is 31.5. The highest BCUT2D eigenvalue weighted by Crippen LogP contribution is 2.20. The zero-order valence-corrected chi connectivity index (χ0v) is 22.5. The summed E-state index contributed by atoms with van der Waals surface area (Å²) in [5.74, 6) is -0.827. The van der Waals surface area contributed by atoms with Gasteiger partial charge in [0.25, 0.3) is 5.91 Å². The molecule has 196 valence electrons. The number of aromatic nitrogens is 2. The van der Waals surface area contributed by atoms with Gasteiger partial charge in [0.15, 0.2) is 5.78 Å². The number of fused-ring (bicyclic) bond motifs is 1. The minimum atomic E-state index is -0.656. The van der Waals surface area contributed by atoms with Crippen molar-refractivity contribution in [3.8, 4) is 0 Å². The zero-order valence-electron chi connectivity index (χ0n) is 22.5. The number of H-pyrrole nitrogens is 2. The Labute approximate surface area is 217 Å². The molecule has 1 aromatic carbocycles. The number of nitrogens with one attached hydrogen (secondary N) is 3. The first-order chi connectivity index (χ1) is 17.6. The maximum atomic E-state index is 13.9. The van der Waals surface area contributed by atoms with Crippen LogP contribution in [0.1, 0.15) is 60.9 Å². The fourth-order valence-corrected chi connectivity index (χ4v) is 3.99. The third kappa shape index (κ3) is 7.31. The van der Waals surface area contributed by atoms with Crippen LogP contribution in [0.2, 0.25) is 0 Å². The summed E-state index contributed by atoms with van der Waals surface area (Å²) in [6, 6.07) is 3.84. The smallest absolute Gasteiger partial charge is 0.253 e. The maximum Gasteiger partial charge on any atom is 0.253 e. The second kappa shape index (κ2) is 13.4. The SMILES string of the molecule is C=C=C(C)CC(NC(=O)c1c(C)[nH]c(/C=c2\c(=C=C)[nH]c3ccc(F)cc23)c1C)C(C)=O.CCCOC. The summed E-state index contributed by atoms with van der Waals surface area (Å²) in [7, 11) is 1.71. The van der Waals surface area contributed by atoms with E-state index in [0.717, 1.165) is 34.9 Å². The van der Waals surface area contributed by atoms with E-state index in [9.17, 15) is 14.0 Å². The van der Waals surface area contributed by atoms with Crippen molar-refractivity contribution in [1.82, 2.24) is 15.3 Å². The number of rotatable bonds is 8. The van der Waals surface area contributed by atoms with E-state index in [-0.39, 0.29) is 17.5 Å². The number of carbonyl (C=O) groups excluding carboxylic acids is 2. The van der Waals surface area contributed by atoms with Crippen LogP contribution in [0.25, 0.3) is 22.7 Å². The van der Waals surface area contributed by atoms with Crippen molar-refractivity contribution in [2.24, 2.45) is 0 Å².